The summed E-state index contributed by atoms with van der Waals surface area (Å²) in [6.45, 7) is 4.68. The molecule has 0 fully saturated rings. The van der Waals surface area contributed by atoms with Crippen LogP contribution in [0, 0.1) is 0 Å². The number of cyclic esters (lactones) is 1. The molecule has 0 amide bonds. The molecule has 0 radical (unpaired) electrons. The summed E-state index contributed by atoms with van der Waals surface area (Å²) in [7, 11) is 0. The Morgan fingerprint density at radius 3 is 2.60 bits per heavy atom. The molecule has 0 N–H and O–H groups in total. The van der Waals surface area contributed by atoms with Gasteiger partial charge in [-0.25, -0.2) is 9.79 Å². The number of carbonyl (C=O) groups is 1. The van der Waals surface area contributed by atoms with Crippen LogP contribution in [-0.4, -0.2) is 25.1 Å². The SMILES string of the molecule is CCOc1cc(C=C2N=C(c3cccc4ccccc34)OC2=O)cc(Cl)c1OCC. The summed E-state index contributed by atoms with van der Waals surface area (Å²) in [6.07, 6.45) is 1.63. The molecule has 5 nitrogen and oxygen atoms in total. The number of esters is 1. The Labute approximate surface area is 179 Å². The molecular formula is C24H20ClNO4. The zero-order chi connectivity index (χ0) is 21.1. The van der Waals surface area contributed by atoms with Gasteiger partial charge in [-0.15, -0.1) is 0 Å². The number of nitrogens with zero attached hydrogens (tertiary/aromatic N) is 1. The van der Waals surface area contributed by atoms with Crippen LogP contribution in [-0.2, 0) is 9.53 Å². The van der Waals surface area contributed by atoms with Crippen LogP contribution >= 0.6 is 11.6 Å². The van der Waals surface area contributed by atoms with Crippen molar-refractivity contribution < 1.29 is 19.0 Å². The molecular weight excluding hydrogens is 402 g/mol. The van der Waals surface area contributed by atoms with Crippen LogP contribution in [0.25, 0.3) is 16.8 Å². The highest BCUT2D eigenvalue weighted by atomic mass is 35.5. The predicted molar refractivity (Wildman–Crippen MR) is 118 cm³/mol. The summed E-state index contributed by atoms with van der Waals surface area (Å²) in [5.41, 5.74) is 1.63. The van der Waals surface area contributed by atoms with E-state index in [1.807, 2.05) is 56.3 Å². The Balaban J connectivity index is 1.74. The molecule has 152 valence electrons. The third-order valence-corrected chi connectivity index (χ3v) is 4.85. The first-order valence-corrected chi connectivity index (χ1v) is 10.1. The normalized spacial score (nSPS) is 14.7. The molecule has 1 heterocycles. The molecule has 3 aromatic carbocycles. The third-order valence-electron chi connectivity index (χ3n) is 4.56. The molecule has 0 spiro atoms. The molecule has 0 saturated heterocycles. The van der Waals surface area contributed by atoms with E-state index >= 15 is 0 Å². The summed E-state index contributed by atoms with van der Waals surface area (Å²) >= 11 is 6.37. The van der Waals surface area contributed by atoms with E-state index in [2.05, 4.69) is 4.99 Å². The first-order chi connectivity index (χ1) is 14.6. The third kappa shape index (κ3) is 3.89. The summed E-state index contributed by atoms with van der Waals surface area (Å²) in [4.78, 5) is 16.9. The Hall–Kier alpha value is -3.31. The van der Waals surface area contributed by atoms with Crippen LogP contribution in [0.1, 0.15) is 25.0 Å². The van der Waals surface area contributed by atoms with Crippen molar-refractivity contribution in [3.05, 3.63) is 76.4 Å². The Bertz CT molecular complexity index is 1180. The Morgan fingerprint density at radius 1 is 1.03 bits per heavy atom. The van der Waals surface area contributed by atoms with Crippen LogP contribution in [0.15, 0.2) is 65.3 Å². The molecule has 30 heavy (non-hydrogen) atoms. The van der Waals surface area contributed by atoms with Crippen molar-refractivity contribution in [1.29, 1.82) is 0 Å². The van der Waals surface area contributed by atoms with Gasteiger partial charge in [-0.05, 0) is 54.5 Å². The summed E-state index contributed by atoms with van der Waals surface area (Å²) < 4.78 is 16.7. The van der Waals surface area contributed by atoms with E-state index in [0.717, 1.165) is 16.3 Å². The molecule has 0 saturated carbocycles. The van der Waals surface area contributed by atoms with Gasteiger partial charge in [0.15, 0.2) is 17.2 Å². The van der Waals surface area contributed by atoms with Crippen molar-refractivity contribution in [3.63, 3.8) is 0 Å². The zero-order valence-electron chi connectivity index (χ0n) is 16.6. The summed E-state index contributed by atoms with van der Waals surface area (Å²) in [5, 5.41) is 2.42. The largest absolute Gasteiger partial charge is 0.490 e. The molecule has 6 heteroatoms. The molecule has 0 atom stereocenters. The number of rotatable bonds is 6. The quantitative estimate of drug-likeness (QED) is 0.382. The van der Waals surface area contributed by atoms with Gasteiger partial charge in [-0.3, -0.25) is 0 Å². The van der Waals surface area contributed by atoms with Crippen molar-refractivity contribution >= 4 is 40.3 Å². The topological polar surface area (TPSA) is 57.1 Å². The number of fused-ring (bicyclic) bond motifs is 1. The fourth-order valence-electron chi connectivity index (χ4n) is 3.31. The lowest BCUT2D eigenvalue weighted by atomic mass is 10.0. The number of carbonyl (C=O) groups excluding carboxylic acids is 1. The number of hydrogen-bond donors (Lipinski definition) is 0. The van der Waals surface area contributed by atoms with Gasteiger partial charge in [0.25, 0.3) is 0 Å². The van der Waals surface area contributed by atoms with Crippen molar-refractivity contribution in [1.82, 2.24) is 0 Å². The van der Waals surface area contributed by atoms with E-state index in [1.165, 1.54) is 0 Å². The highest BCUT2D eigenvalue weighted by molar-refractivity contribution is 6.32. The van der Waals surface area contributed by atoms with Crippen LogP contribution < -0.4 is 9.47 Å². The number of ether oxygens (including phenoxy) is 3. The first-order valence-electron chi connectivity index (χ1n) is 9.70. The molecule has 1 aliphatic heterocycles. The van der Waals surface area contributed by atoms with Crippen LogP contribution in [0.5, 0.6) is 11.5 Å². The smallest absolute Gasteiger partial charge is 0.363 e. The standard InChI is InChI=1S/C24H20ClNO4/c1-3-28-21-14-15(12-19(25)22(21)29-4-2)13-20-24(27)30-23(26-20)18-11-7-9-16-8-5-6-10-17(16)18/h5-14H,3-4H2,1-2H3. The minimum absolute atomic E-state index is 0.195. The van der Waals surface area contributed by atoms with Gasteiger partial charge in [-0.1, -0.05) is 48.0 Å². The maximum absolute atomic E-state index is 12.5. The molecule has 0 unspecified atom stereocenters. The predicted octanol–water partition coefficient (Wildman–Crippen LogP) is 5.64. The van der Waals surface area contributed by atoms with Gasteiger partial charge in [0.05, 0.1) is 18.2 Å². The zero-order valence-corrected chi connectivity index (χ0v) is 17.4. The lowest BCUT2D eigenvalue weighted by Crippen LogP contribution is -2.05. The molecule has 3 aromatic rings. The van der Waals surface area contributed by atoms with Crippen molar-refractivity contribution in [3.8, 4) is 11.5 Å². The average Bonchev–Trinajstić information content (AvgIpc) is 3.10. The van der Waals surface area contributed by atoms with Crippen molar-refractivity contribution in [2.75, 3.05) is 13.2 Å². The molecule has 4 rings (SSSR count). The minimum atomic E-state index is -0.513. The van der Waals surface area contributed by atoms with Gasteiger partial charge < -0.3 is 14.2 Å². The van der Waals surface area contributed by atoms with Gasteiger partial charge >= 0.3 is 5.97 Å². The highest BCUT2D eigenvalue weighted by Crippen LogP contribution is 2.37. The van der Waals surface area contributed by atoms with Crippen LogP contribution in [0.2, 0.25) is 5.02 Å². The number of hydrogen-bond acceptors (Lipinski definition) is 5. The van der Waals surface area contributed by atoms with Crippen LogP contribution in [0.3, 0.4) is 0 Å². The Morgan fingerprint density at radius 2 is 1.80 bits per heavy atom. The lowest BCUT2D eigenvalue weighted by Gasteiger charge is -2.13. The van der Waals surface area contributed by atoms with Crippen LogP contribution in [0.4, 0.5) is 0 Å². The van der Waals surface area contributed by atoms with Crippen molar-refractivity contribution in [2.45, 2.75) is 13.8 Å². The van der Waals surface area contributed by atoms with E-state index in [4.69, 9.17) is 25.8 Å². The fourth-order valence-corrected chi connectivity index (χ4v) is 3.59. The fraction of sp³-hybridized carbons (Fsp3) is 0.167. The van der Waals surface area contributed by atoms with Gasteiger partial charge in [-0.2, -0.15) is 0 Å². The van der Waals surface area contributed by atoms with E-state index in [-0.39, 0.29) is 11.6 Å². The average molecular weight is 422 g/mol. The maximum atomic E-state index is 12.5. The molecule has 1 aliphatic rings. The monoisotopic (exact) mass is 421 g/mol. The van der Waals surface area contributed by atoms with E-state index in [9.17, 15) is 4.79 Å². The van der Waals surface area contributed by atoms with E-state index in [1.54, 1.807) is 18.2 Å². The lowest BCUT2D eigenvalue weighted by molar-refractivity contribution is -0.129. The molecule has 0 bridgehead atoms. The van der Waals surface area contributed by atoms with Crippen molar-refractivity contribution in [2.24, 2.45) is 4.99 Å². The molecule has 0 aliphatic carbocycles. The van der Waals surface area contributed by atoms with E-state index in [0.29, 0.717) is 35.3 Å². The number of halogens is 1. The Kier molecular flexibility index (Phi) is 5.72. The number of benzene rings is 3. The first kappa shape index (κ1) is 20.0. The van der Waals surface area contributed by atoms with E-state index < -0.39 is 5.97 Å². The number of aliphatic imine (C=N–C) groups is 1. The summed E-state index contributed by atoms with van der Waals surface area (Å²) in [6, 6.07) is 17.2. The van der Waals surface area contributed by atoms with Gasteiger partial charge in [0.2, 0.25) is 5.90 Å². The minimum Gasteiger partial charge on any atom is -0.490 e. The maximum Gasteiger partial charge on any atom is 0.363 e. The van der Waals surface area contributed by atoms with Gasteiger partial charge in [0.1, 0.15) is 0 Å². The second-order valence-corrected chi connectivity index (χ2v) is 6.97. The second-order valence-electron chi connectivity index (χ2n) is 6.56. The highest BCUT2D eigenvalue weighted by Gasteiger charge is 2.25. The molecule has 0 aromatic heterocycles. The second kappa shape index (κ2) is 8.59. The van der Waals surface area contributed by atoms with Gasteiger partial charge in [0, 0.05) is 5.56 Å². The summed E-state index contributed by atoms with van der Waals surface area (Å²) in [5.74, 6) is 0.770.